The van der Waals surface area contributed by atoms with Gasteiger partial charge in [-0.05, 0) is 104 Å². The standard InChI is InChI=1S/C28H29N3O3S/c1-5-17(2)21-9-13-25-24(15-21)30-27(34-25)20-7-10-22(11-8-20)29-28(35)31-26(32)16-33-23-12-6-18(3)19(4)14-23/h6-15,17H,5,16H2,1-4H3,(H2,29,31,32,35)/t17-/m0/s1. The molecule has 0 unspecified atom stereocenters. The van der Waals surface area contributed by atoms with E-state index in [1.165, 1.54) is 11.1 Å². The molecule has 2 N–H and O–H groups in total. The number of benzene rings is 3. The number of hydrogen-bond donors (Lipinski definition) is 2. The maximum absolute atomic E-state index is 12.2. The number of carbonyl (C=O) groups is 1. The number of carbonyl (C=O) groups excluding carboxylic acids is 1. The Morgan fingerprint density at radius 1 is 1.06 bits per heavy atom. The van der Waals surface area contributed by atoms with Crippen LogP contribution in [-0.2, 0) is 4.79 Å². The number of amides is 1. The van der Waals surface area contributed by atoms with Crippen LogP contribution in [0.1, 0.15) is 42.9 Å². The van der Waals surface area contributed by atoms with Crippen molar-refractivity contribution >= 4 is 40.0 Å². The van der Waals surface area contributed by atoms with E-state index in [-0.39, 0.29) is 17.6 Å². The third kappa shape index (κ3) is 6.05. The van der Waals surface area contributed by atoms with Crippen LogP contribution >= 0.6 is 12.2 Å². The Bertz CT molecular complexity index is 1360. The summed E-state index contributed by atoms with van der Waals surface area (Å²) >= 11 is 5.26. The quantitative estimate of drug-likeness (QED) is 0.289. The van der Waals surface area contributed by atoms with E-state index in [2.05, 4.69) is 41.6 Å². The van der Waals surface area contributed by atoms with Crippen molar-refractivity contribution in [3.05, 3.63) is 77.4 Å². The number of fused-ring (bicyclic) bond motifs is 1. The zero-order valence-electron chi connectivity index (χ0n) is 20.3. The number of oxazole rings is 1. The summed E-state index contributed by atoms with van der Waals surface area (Å²) in [5.41, 5.74) is 6.75. The Balaban J connectivity index is 1.33. The number of aromatic nitrogens is 1. The van der Waals surface area contributed by atoms with Crippen LogP contribution in [-0.4, -0.2) is 22.6 Å². The summed E-state index contributed by atoms with van der Waals surface area (Å²) in [4.78, 5) is 16.9. The van der Waals surface area contributed by atoms with Gasteiger partial charge in [-0.15, -0.1) is 0 Å². The first kappa shape index (κ1) is 24.4. The first-order valence-corrected chi connectivity index (χ1v) is 12.0. The molecule has 0 aliphatic carbocycles. The Labute approximate surface area is 210 Å². The van der Waals surface area contributed by atoms with Crippen LogP contribution in [0.25, 0.3) is 22.6 Å². The molecule has 0 spiro atoms. The first-order valence-electron chi connectivity index (χ1n) is 11.6. The van der Waals surface area contributed by atoms with Gasteiger partial charge in [0.1, 0.15) is 11.3 Å². The molecule has 1 heterocycles. The van der Waals surface area contributed by atoms with Crippen molar-refractivity contribution in [2.24, 2.45) is 0 Å². The molecule has 1 atom stereocenters. The van der Waals surface area contributed by atoms with Crippen LogP contribution in [0.15, 0.2) is 65.1 Å². The summed E-state index contributed by atoms with van der Waals surface area (Å²) in [5.74, 6) is 1.36. The Hall–Kier alpha value is -3.71. The lowest BCUT2D eigenvalue weighted by molar-refractivity contribution is -0.121. The molecule has 1 amide bonds. The highest BCUT2D eigenvalue weighted by Crippen LogP contribution is 2.28. The van der Waals surface area contributed by atoms with E-state index in [1.54, 1.807) is 0 Å². The van der Waals surface area contributed by atoms with Gasteiger partial charge in [0, 0.05) is 11.3 Å². The monoisotopic (exact) mass is 487 g/mol. The molecule has 0 radical (unpaired) electrons. The molecule has 35 heavy (non-hydrogen) atoms. The minimum absolute atomic E-state index is 0.125. The summed E-state index contributed by atoms with van der Waals surface area (Å²) < 4.78 is 11.5. The van der Waals surface area contributed by atoms with Crippen molar-refractivity contribution in [3.63, 3.8) is 0 Å². The summed E-state index contributed by atoms with van der Waals surface area (Å²) in [6.45, 7) is 8.29. The molecule has 0 saturated heterocycles. The number of nitrogens with zero attached hydrogens (tertiary/aromatic N) is 1. The lowest BCUT2D eigenvalue weighted by Crippen LogP contribution is -2.37. The summed E-state index contributed by atoms with van der Waals surface area (Å²) in [6.07, 6.45) is 1.08. The zero-order valence-corrected chi connectivity index (χ0v) is 21.2. The summed E-state index contributed by atoms with van der Waals surface area (Å²) in [5, 5.41) is 5.85. The van der Waals surface area contributed by atoms with Gasteiger partial charge in [-0.25, -0.2) is 4.98 Å². The summed E-state index contributed by atoms with van der Waals surface area (Å²) in [6, 6.07) is 19.4. The van der Waals surface area contributed by atoms with Crippen LogP contribution in [0, 0.1) is 13.8 Å². The van der Waals surface area contributed by atoms with Crippen molar-refractivity contribution in [1.29, 1.82) is 0 Å². The number of rotatable bonds is 7. The Morgan fingerprint density at radius 2 is 1.83 bits per heavy atom. The number of anilines is 1. The highest BCUT2D eigenvalue weighted by atomic mass is 32.1. The fraction of sp³-hybridized carbons (Fsp3) is 0.250. The van der Waals surface area contributed by atoms with Gasteiger partial charge in [0.05, 0.1) is 0 Å². The van der Waals surface area contributed by atoms with Gasteiger partial charge < -0.3 is 14.5 Å². The number of thiocarbonyl (C=S) groups is 1. The fourth-order valence-electron chi connectivity index (χ4n) is 3.58. The molecule has 0 saturated carbocycles. The molecule has 3 aromatic carbocycles. The predicted molar refractivity (Wildman–Crippen MR) is 144 cm³/mol. The summed E-state index contributed by atoms with van der Waals surface area (Å²) in [7, 11) is 0. The highest BCUT2D eigenvalue weighted by molar-refractivity contribution is 7.80. The SMILES string of the molecule is CC[C@H](C)c1ccc2oc(-c3ccc(NC(=S)NC(=O)COc4ccc(C)c(C)c4)cc3)nc2c1. The van der Waals surface area contributed by atoms with Crippen molar-refractivity contribution < 1.29 is 13.9 Å². The molecule has 7 heteroatoms. The smallest absolute Gasteiger partial charge is 0.264 e. The highest BCUT2D eigenvalue weighted by Gasteiger charge is 2.12. The Kier molecular flexibility index (Phi) is 7.46. The van der Waals surface area contributed by atoms with Gasteiger partial charge in [-0.2, -0.15) is 0 Å². The molecule has 0 aliphatic rings. The van der Waals surface area contributed by atoms with Gasteiger partial charge in [0.25, 0.3) is 5.91 Å². The third-order valence-electron chi connectivity index (χ3n) is 6.08. The van der Waals surface area contributed by atoms with E-state index in [0.29, 0.717) is 17.6 Å². The van der Waals surface area contributed by atoms with Crippen molar-refractivity contribution in [2.45, 2.75) is 40.0 Å². The lowest BCUT2D eigenvalue weighted by Gasteiger charge is -2.11. The second-order valence-corrected chi connectivity index (χ2v) is 9.08. The number of hydrogen-bond acceptors (Lipinski definition) is 5. The number of ether oxygens (including phenoxy) is 1. The van der Waals surface area contributed by atoms with Gasteiger partial charge >= 0.3 is 0 Å². The topological polar surface area (TPSA) is 76.4 Å². The molecule has 0 bridgehead atoms. The van der Waals surface area contributed by atoms with Crippen LogP contribution in [0.3, 0.4) is 0 Å². The molecule has 0 aliphatic heterocycles. The normalized spacial score (nSPS) is 11.8. The lowest BCUT2D eigenvalue weighted by atomic mass is 9.98. The van der Waals surface area contributed by atoms with Gasteiger partial charge in [-0.1, -0.05) is 26.0 Å². The largest absolute Gasteiger partial charge is 0.484 e. The van der Waals surface area contributed by atoms with Gasteiger partial charge in [0.2, 0.25) is 5.89 Å². The van der Waals surface area contributed by atoms with Crippen LogP contribution in [0.2, 0.25) is 0 Å². The second kappa shape index (κ2) is 10.7. The van der Waals surface area contributed by atoms with Crippen LogP contribution in [0.4, 0.5) is 5.69 Å². The molecule has 180 valence electrons. The first-order chi connectivity index (χ1) is 16.8. The van der Waals surface area contributed by atoms with Gasteiger partial charge in [0.15, 0.2) is 17.3 Å². The molecule has 4 aromatic rings. The minimum atomic E-state index is -0.333. The van der Waals surface area contributed by atoms with Crippen molar-refractivity contribution in [1.82, 2.24) is 10.3 Å². The van der Waals surface area contributed by atoms with Crippen molar-refractivity contribution in [3.8, 4) is 17.2 Å². The molecular weight excluding hydrogens is 458 g/mol. The predicted octanol–water partition coefficient (Wildman–Crippen LogP) is 6.52. The third-order valence-corrected chi connectivity index (χ3v) is 6.29. The van der Waals surface area contributed by atoms with E-state index >= 15 is 0 Å². The van der Waals surface area contributed by atoms with Crippen LogP contribution in [0.5, 0.6) is 5.75 Å². The zero-order chi connectivity index (χ0) is 24.9. The Morgan fingerprint density at radius 3 is 2.54 bits per heavy atom. The second-order valence-electron chi connectivity index (χ2n) is 8.67. The van der Waals surface area contributed by atoms with E-state index in [1.807, 2.05) is 62.4 Å². The van der Waals surface area contributed by atoms with Crippen LogP contribution < -0.4 is 15.4 Å². The van der Waals surface area contributed by atoms with Crippen molar-refractivity contribution in [2.75, 3.05) is 11.9 Å². The average molecular weight is 488 g/mol. The maximum atomic E-state index is 12.2. The van der Waals surface area contributed by atoms with E-state index in [4.69, 9.17) is 21.4 Å². The minimum Gasteiger partial charge on any atom is -0.484 e. The molecule has 4 rings (SSSR count). The van der Waals surface area contributed by atoms with E-state index in [0.717, 1.165) is 34.3 Å². The number of aryl methyl sites for hydroxylation is 2. The molecular formula is C28H29N3O3S. The average Bonchev–Trinajstić information content (AvgIpc) is 3.28. The maximum Gasteiger partial charge on any atom is 0.264 e. The van der Waals surface area contributed by atoms with E-state index < -0.39 is 0 Å². The molecule has 1 aromatic heterocycles. The van der Waals surface area contributed by atoms with Gasteiger partial charge in [-0.3, -0.25) is 10.1 Å². The van der Waals surface area contributed by atoms with E-state index in [9.17, 15) is 4.79 Å². The fourth-order valence-corrected chi connectivity index (χ4v) is 3.82. The number of nitrogens with one attached hydrogen (secondary N) is 2. The molecule has 0 fully saturated rings. The molecule has 6 nitrogen and oxygen atoms in total.